The van der Waals surface area contributed by atoms with Gasteiger partial charge in [-0.1, -0.05) is 50.1 Å². The molecular formula is C16H23ClO3. The molecule has 2 rings (SSSR count). The van der Waals surface area contributed by atoms with E-state index < -0.39 is 0 Å². The Morgan fingerprint density at radius 1 is 1.30 bits per heavy atom. The second-order valence-corrected chi connectivity index (χ2v) is 5.48. The van der Waals surface area contributed by atoms with Crippen molar-refractivity contribution in [1.82, 2.24) is 0 Å². The quantitative estimate of drug-likeness (QED) is 0.788. The summed E-state index contributed by atoms with van der Waals surface area (Å²) in [6.45, 7) is 5.31. The van der Waals surface area contributed by atoms with Crippen molar-refractivity contribution in [2.45, 2.75) is 58.2 Å². The highest BCUT2D eigenvalue weighted by Gasteiger charge is 2.31. The Hall–Kier alpha value is -0.610. The topological polar surface area (TPSA) is 27.7 Å². The molecule has 20 heavy (non-hydrogen) atoms. The molecule has 0 bridgehead atoms. The molecule has 1 aliphatic rings. The molecule has 3 atom stereocenters. The van der Waals surface area contributed by atoms with Gasteiger partial charge in [0, 0.05) is 5.02 Å². The van der Waals surface area contributed by atoms with E-state index >= 15 is 0 Å². The summed E-state index contributed by atoms with van der Waals surface area (Å²) in [6, 6.07) is 7.75. The van der Waals surface area contributed by atoms with Gasteiger partial charge in [-0.15, -0.1) is 0 Å². The summed E-state index contributed by atoms with van der Waals surface area (Å²) >= 11 is 6.14. The zero-order valence-corrected chi connectivity index (χ0v) is 12.9. The van der Waals surface area contributed by atoms with Crippen LogP contribution in [-0.2, 0) is 20.8 Å². The molecule has 0 saturated carbocycles. The van der Waals surface area contributed by atoms with Gasteiger partial charge in [0.25, 0.3) is 0 Å². The van der Waals surface area contributed by atoms with Gasteiger partial charge in [0.15, 0.2) is 6.29 Å². The smallest absolute Gasteiger partial charge is 0.157 e. The van der Waals surface area contributed by atoms with E-state index in [1.807, 2.05) is 24.3 Å². The van der Waals surface area contributed by atoms with Crippen molar-refractivity contribution >= 4 is 11.6 Å². The van der Waals surface area contributed by atoms with Crippen molar-refractivity contribution in [2.75, 3.05) is 6.61 Å². The number of ether oxygens (including phenoxy) is 3. The molecular weight excluding hydrogens is 276 g/mol. The van der Waals surface area contributed by atoms with Crippen molar-refractivity contribution < 1.29 is 14.2 Å². The van der Waals surface area contributed by atoms with E-state index in [1.165, 1.54) is 0 Å². The average Bonchev–Trinajstić information content (AvgIpc) is 2.47. The zero-order chi connectivity index (χ0) is 14.4. The van der Waals surface area contributed by atoms with Crippen molar-refractivity contribution in [3.05, 3.63) is 34.9 Å². The first-order valence-electron chi connectivity index (χ1n) is 7.36. The van der Waals surface area contributed by atoms with Crippen molar-refractivity contribution in [3.8, 4) is 0 Å². The fourth-order valence-electron chi connectivity index (χ4n) is 2.35. The molecule has 112 valence electrons. The Balaban J connectivity index is 1.92. The van der Waals surface area contributed by atoms with Gasteiger partial charge in [-0.05, 0) is 24.5 Å². The van der Waals surface area contributed by atoms with Crippen molar-refractivity contribution in [3.63, 3.8) is 0 Å². The average molecular weight is 299 g/mol. The molecule has 1 aromatic rings. The van der Waals surface area contributed by atoms with Crippen LogP contribution >= 0.6 is 11.6 Å². The molecule has 3 nitrogen and oxygen atoms in total. The Labute approximate surface area is 126 Å². The maximum Gasteiger partial charge on any atom is 0.157 e. The van der Waals surface area contributed by atoms with Gasteiger partial charge >= 0.3 is 0 Å². The first-order valence-corrected chi connectivity index (χ1v) is 7.74. The predicted molar refractivity (Wildman–Crippen MR) is 79.8 cm³/mol. The van der Waals surface area contributed by atoms with E-state index in [-0.39, 0.29) is 18.5 Å². The molecule has 0 unspecified atom stereocenters. The summed E-state index contributed by atoms with van der Waals surface area (Å²) in [5, 5.41) is 0.739. The van der Waals surface area contributed by atoms with Crippen LogP contribution in [0.2, 0.25) is 5.02 Å². The van der Waals surface area contributed by atoms with Crippen LogP contribution in [0, 0.1) is 0 Å². The summed E-state index contributed by atoms with van der Waals surface area (Å²) < 4.78 is 17.6. The molecule has 0 amide bonds. The maximum atomic E-state index is 6.14. The minimum Gasteiger partial charge on any atom is -0.368 e. The Morgan fingerprint density at radius 3 is 2.80 bits per heavy atom. The molecule has 1 aromatic carbocycles. The Kier molecular flexibility index (Phi) is 6.30. The van der Waals surface area contributed by atoms with Gasteiger partial charge in [0.05, 0.1) is 19.3 Å². The number of benzene rings is 1. The SMILES string of the molecule is CCC[C@H]1O[C@@H](CC)OC[C@H]1OCc1ccccc1Cl. The standard InChI is InChI=1S/C16H23ClO3/c1-3-7-14-15(11-19-16(4-2)20-14)18-10-12-8-5-6-9-13(12)17/h5-6,8-9,14-16H,3-4,7,10-11H2,1-2H3/t14-,15-,16+/m1/s1. The zero-order valence-electron chi connectivity index (χ0n) is 12.2. The van der Waals surface area contributed by atoms with Gasteiger partial charge in [-0.25, -0.2) is 0 Å². The molecule has 0 spiro atoms. The normalized spacial score (nSPS) is 26.6. The van der Waals surface area contributed by atoms with Crippen LogP contribution in [0.3, 0.4) is 0 Å². The molecule has 1 fully saturated rings. The lowest BCUT2D eigenvalue weighted by Crippen LogP contribution is -2.44. The van der Waals surface area contributed by atoms with Gasteiger partial charge in [0.2, 0.25) is 0 Å². The van der Waals surface area contributed by atoms with Gasteiger partial charge < -0.3 is 14.2 Å². The lowest BCUT2D eigenvalue weighted by molar-refractivity contribution is -0.264. The van der Waals surface area contributed by atoms with Crippen LogP contribution in [0.15, 0.2) is 24.3 Å². The molecule has 4 heteroatoms. The van der Waals surface area contributed by atoms with E-state index in [0.717, 1.165) is 29.8 Å². The summed E-state index contributed by atoms with van der Waals surface area (Å²) in [5.74, 6) is 0. The lowest BCUT2D eigenvalue weighted by Gasteiger charge is -2.36. The molecule has 1 heterocycles. The minimum atomic E-state index is -0.0910. The highest BCUT2D eigenvalue weighted by Crippen LogP contribution is 2.23. The van der Waals surface area contributed by atoms with Crippen LogP contribution in [-0.4, -0.2) is 25.1 Å². The fourth-order valence-corrected chi connectivity index (χ4v) is 2.54. The summed E-state index contributed by atoms with van der Waals surface area (Å²) in [4.78, 5) is 0. The number of rotatable bonds is 6. The highest BCUT2D eigenvalue weighted by atomic mass is 35.5. The molecule has 0 N–H and O–H groups in total. The second-order valence-electron chi connectivity index (χ2n) is 5.08. The van der Waals surface area contributed by atoms with Crippen LogP contribution in [0.1, 0.15) is 38.7 Å². The van der Waals surface area contributed by atoms with Crippen LogP contribution in [0.25, 0.3) is 0 Å². The van der Waals surface area contributed by atoms with Gasteiger partial charge in [-0.3, -0.25) is 0 Å². The van der Waals surface area contributed by atoms with Crippen LogP contribution in [0.5, 0.6) is 0 Å². The summed E-state index contributed by atoms with van der Waals surface area (Å²) in [6.07, 6.45) is 2.94. The monoisotopic (exact) mass is 298 g/mol. The molecule has 0 aliphatic carbocycles. The van der Waals surface area contributed by atoms with Crippen LogP contribution < -0.4 is 0 Å². The number of halogens is 1. The van der Waals surface area contributed by atoms with Crippen molar-refractivity contribution in [2.24, 2.45) is 0 Å². The molecule has 0 aromatic heterocycles. The first kappa shape index (κ1) is 15.8. The first-order chi connectivity index (χ1) is 9.74. The molecule has 1 aliphatic heterocycles. The van der Waals surface area contributed by atoms with E-state index in [2.05, 4.69) is 13.8 Å². The third kappa shape index (κ3) is 4.19. The third-order valence-electron chi connectivity index (χ3n) is 3.50. The predicted octanol–water partition coefficient (Wildman–Crippen LogP) is 4.18. The van der Waals surface area contributed by atoms with E-state index in [9.17, 15) is 0 Å². The van der Waals surface area contributed by atoms with Crippen LogP contribution in [0.4, 0.5) is 0 Å². The molecule has 1 saturated heterocycles. The third-order valence-corrected chi connectivity index (χ3v) is 3.87. The Morgan fingerprint density at radius 2 is 2.10 bits per heavy atom. The Bertz CT molecular complexity index is 410. The van der Waals surface area contributed by atoms with E-state index in [4.69, 9.17) is 25.8 Å². The summed E-state index contributed by atoms with van der Waals surface area (Å²) in [7, 11) is 0. The highest BCUT2D eigenvalue weighted by molar-refractivity contribution is 6.31. The molecule has 0 radical (unpaired) electrons. The largest absolute Gasteiger partial charge is 0.368 e. The van der Waals surface area contributed by atoms with Gasteiger partial charge in [0.1, 0.15) is 6.10 Å². The van der Waals surface area contributed by atoms with E-state index in [1.54, 1.807) is 0 Å². The second kappa shape index (κ2) is 7.99. The number of hydrogen-bond donors (Lipinski definition) is 0. The maximum absolute atomic E-state index is 6.14. The lowest BCUT2D eigenvalue weighted by atomic mass is 10.1. The van der Waals surface area contributed by atoms with Crippen molar-refractivity contribution in [1.29, 1.82) is 0 Å². The minimum absolute atomic E-state index is 0.0194. The van der Waals surface area contributed by atoms with Gasteiger partial charge in [-0.2, -0.15) is 0 Å². The number of hydrogen-bond acceptors (Lipinski definition) is 3. The fraction of sp³-hybridized carbons (Fsp3) is 0.625. The van der Waals surface area contributed by atoms with E-state index in [0.29, 0.717) is 13.2 Å². The summed E-state index contributed by atoms with van der Waals surface area (Å²) in [5.41, 5.74) is 1.00.